The van der Waals surface area contributed by atoms with Gasteiger partial charge in [0.05, 0.1) is 13.2 Å². The average molecular weight is 464 g/mol. The smallest absolute Gasteiger partial charge is 0.329 e. The van der Waals surface area contributed by atoms with E-state index in [4.69, 9.17) is 14.9 Å². The molecule has 0 radical (unpaired) electrons. The number of hydrogen-bond donors (Lipinski definition) is 3. The van der Waals surface area contributed by atoms with E-state index in [1.54, 1.807) is 12.1 Å². The van der Waals surface area contributed by atoms with Crippen molar-refractivity contribution >= 4 is 11.9 Å². The van der Waals surface area contributed by atoms with Crippen LogP contribution in [0, 0.1) is 19.7 Å². The molecule has 0 fully saturated rings. The first-order chi connectivity index (χ1) is 15.8. The Kier molecular flexibility index (Phi) is 13.6. The second-order valence-corrected chi connectivity index (χ2v) is 7.59. The molecule has 0 amide bonds. The lowest BCUT2D eigenvalue weighted by molar-refractivity contribution is -0.148. The maximum absolute atomic E-state index is 13.7. The fourth-order valence-corrected chi connectivity index (χ4v) is 3.32. The molecule has 0 aliphatic rings. The topological polar surface area (TPSA) is 105 Å². The summed E-state index contributed by atoms with van der Waals surface area (Å²) in [7, 11) is 0. The molecule has 0 aromatic heterocycles. The van der Waals surface area contributed by atoms with Crippen LogP contribution in [0.5, 0.6) is 0 Å². The highest BCUT2D eigenvalue weighted by Gasteiger charge is 2.16. The van der Waals surface area contributed by atoms with Gasteiger partial charge in [-0.05, 0) is 49.6 Å². The average Bonchev–Trinajstić information content (AvgIpc) is 2.74. The van der Waals surface area contributed by atoms with E-state index < -0.39 is 25.2 Å². The van der Waals surface area contributed by atoms with Crippen LogP contribution in [0.1, 0.15) is 41.5 Å². The summed E-state index contributed by atoms with van der Waals surface area (Å²) in [5.41, 5.74) is 4.52. The van der Waals surface area contributed by atoms with Crippen molar-refractivity contribution in [1.29, 1.82) is 0 Å². The molecule has 2 aromatic carbocycles. The van der Waals surface area contributed by atoms with E-state index in [9.17, 15) is 14.0 Å². The van der Waals surface area contributed by atoms with E-state index in [0.29, 0.717) is 18.8 Å². The number of ether oxygens (including phenoxy) is 2. The van der Waals surface area contributed by atoms with Crippen molar-refractivity contribution in [2.75, 3.05) is 32.9 Å². The largest absolute Gasteiger partial charge is 0.480 e. The van der Waals surface area contributed by atoms with Gasteiger partial charge in [0.15, 0.2) is 0 Å². The van der Waals surface area contributed by atoms with Gasteiger partial charge < -0.3 is 25.0 Å². The molecule has 33 heavy (non-hydrogen) atoms. The van der Waals surface area contributed by atoms with Crippen LogP contribution in [0.15, 0.2) is 42.5 Å². The maximum Gasteiger partial charge on any atom is 0.329 e. The molecule has 1 unspecified atom stereocenters. The third-order valence-electron chi connectivity index (χ3n) is 4.75. The van der Waals surface area contributed by atoms with Crippen molar-refractivity contribution in [2.45, 2.75) is 39.7 Å². The highest BCUT2D eigenvalue weighted by molar-refractivity contribution is 5.70. The number of aryl methyl sites for hydroxylation is 2. The molecule has 0 aliphatic carbocycles. The van der Waals surface area contributed by atoms with Gasteiger partial charge in [0.2, 0.25) is 0 Å². The van der Waals surface area contributed by atoms with E-state index in [1.807, 2.05) is 6.07 Å². The zero-order valence-corrected chi connectivity index (χ0v) is 19.5. The lowest BCUT2D eigenvalue weighted by Crippen LogP contribution is -2.26. The molecule has 182 valence electrons. The van der Waals surface area contributed by atoms with E-state index in [1.165, 1.54) is 22.8 Å². The molecular weight excluding hydrogens is 429 g/mol. The van der Waals surface area contributed by atoms with E-state index in [2.05, 4.69) is 49.0 Å². The lowest BCUT2D eigenvalue weighted by Gasteiger charge is -2.22. The third-order valence-corrected chi connectivity index (χ3v) is 4.75. The molecular formula is C25H34FNO6. The van der Waals surface area contributed by atoms with Crippen LogP contribution in [0.3, 0.4) is 0 Å². The Morgan fingerprint density at radius 1 is 0.970 bits per heavy atom. The summed E-state index contributed by atoms with van der Waals surface area (Å²) in [4.78, 5) is 19.3. The molecule has 0 aliphatic heterocycles. The predicted molar refractivity (Wildman–Crippen MR) is 124 cm³/mol. The zero-order valence-electron chi connectivity index (χ0n) is 19.5. The minimum atomic E-state index is -1.17. The van der Waals surface area contributed by atoms with Crippen LogP contribution in [0.4, 0.5) is 4.39 Å². The Morgan fingerprint density at radius 2 is 1.58 bits per heavy atom. The number of hydrogen-bond acceptors (Lipinski definition) is 5. The van der Waals surface area contributed by atoms with Gasteiger partial charge in [-0.15, -0.1) is 0 Å². The summed E-state index contributed by atoms with van der Waals surface area (Å²) in [5.74, 6) is -2.28. The quantitative estimate of drug-likeness (QED) is 0.387. The summed E-state index contributed by atoms with van der Waals surface area (Å²) < 4.78 is 23.8. The number of carboxylic acid groups (broad SMARTS) is 2. The Balaban J connectivity index is 0.000000513. The number of carbonyl (C=O) groups is 2. The van der Waals surface area contributed by atoms with Gasteiger partial charge in [0, 0.05) is 18.0 Å². The monoisotopic (exact) mass is 463 g/mol. The van der Waals surface area contributed by atoms with Crippen LogP contribution < -0.4 is 5.32 Å². The van der Waals surface area contributed by atoms with Crippen molar-refractivity contribution in [3.05, 3.63) is 70.5 Å². The van der Waals surface area contributed by atoms with Gasteiger partial charge in [-0.3, -0.25) is 0 Å². The normalized spacial score (nSPS) is 11.4. The molecule has 2 aromatic rings. The number of aliphatic carboxylic acids is 2. The van der Waals surface area contributed by atoms with Gasteiger partial charge in [-0.25, -0.2) is 14.0 Å². The standard InChI is InChI=1S/C21H28FNO.C4H6O5/c1-4-12-23-13-19(21-16(2)8-7-9-17(21)3)15-24-14-18-10-5-6-11-20(18)22;5-3(6)1-9-2-4(7)8/h5-11,19,23H,4,12-15H2,1-3H3;1-2H2,(H,5,6)(H,7,8). The fraction of sp³-hybridized carbons (Fsp3) is 0.440. The van der Waals surface area contributed by atoms with Crippen molar-refractivity contribution in [3.8, 4) is 0 Å². The molecule has 2 rings (SSSR count). The number of rotatable bonds is 13. The molecule has 0 saturated carbocycles. The maximum atomic E-state index is 13.7. The Morgan fingerprint density at radius 3 is 2.12 bits per heavy atom. The molecule has 1 atom stereocenters. The summed E-state index contributed by atoms with van der Waals surface area (Å²) in [6.07, 6.45) is 1.11. The molecule has 0 saturated heterocycles. The van der Waals surface area contributed by atoms with E-state index in [0.717, 1.165) is 19.5 Å². The first-order valence-corrected chi connectivity index (χ1v) is 10.9. The SMILES string of the molecule is CCCNCC(COCc1ccccc1F)c1c(C)cccc1C.O=C(O)COCC(=O)O. The summed E-state index contributed by atoms with van der Waals surface area (Å²) in [6, 6.07) is 13.2. The van der Waals surface area contributed by atoms with Crippen molar-refractivity contribution in [1.82, 2.24) is 5.32 Å². The first-order valence-electron chi connectivity index (χ1n) is 10.9. The van der Waals surface area contributed by atoms with Gasteiger partial charge in [-0.1, -0.05) is 43.3 Å². The molecule has 0 bridgehead atoms. The van der Waals surface area contributed by atoms with Gasteiger partial charge in [0.25, 0.3) is 0 Å². The van der Waals surface area contributed by atoms with Crippen molar-refractivity contribution in [2.24, 2.45) is 0 Å². The summed E-state index contributed by atoms with van der Waals surface area (Å²) >= 11 is 0. The number of nitrogens with one attached hydrogen (secondary N) is 1. The van der Waals surface area contributed by atoms with Crippen LogP contribution in [-0.4, -0.2) is 55.1 Å². The van der Waals surface area contributed by atoms with Gasteiger partial charge in [0.1, 0.15) is 19.0 Å². The molecule has 0 spiro atoms. The van der Waals surface area contributed by atoms with Gasteiger partial charge in [-0.2, -0.15) is 0 Å². The summed E-state index contributed by atoms with van der Waals surface area (Å²) in [6.45, 7) is 8.08. The third kappa shape index (κ3) is 11.6. The minimum Gasteiger partial charge on any atom is -0.480 e. The fourth-order valence-electron chi connectivity index (χ4n) is 3.32. The first kappa shape index (κ1) is 28.2. The van der Waals surface area contributed by atoms with Crippen molar-refractivity contribution < 1.29 is 33.7 Å². The number of benzene rings is 2. The molecule has 8 heteroatoms. The highest BCUT2D eigenvalue weighted by Crippen LogP contribution is 2.24. The predicted octanol–water partition coefficient (Wildman–Crippen LogP) is 3.91. The highest BCUT2D eigenvalue weighted by atomic mass is 19.1. The van der Waals surface area contributed by atoms with Crippen LogP contribution in [0.2, 0.25) is 0 Å². The molecule has 0 heterocycles. The second-order valence-electron chi connectivity index (χ2n) is 7.59. The van der Waals surface area contributed by atoms with Crippen molar-refractivity contribution in [3.63, 3.8) is 0 Å². The van der Waals surface area contributed by atoms with Crippen LogP contribution in [-0.2, 0) is 25.7 Å². The van der Waals surface area contributed by atoms with Crippen LogP contribution in [0.25, 0.3) is 0 Å². The summed E-state index contributed by atoms with van der Waals surface area (Å²) in [5, 5.41) is 19.3. The molecule has 7 nitrogen and oxygen atoms in total. The number of carboxylic acids is 2. The Bertz CT molecular complexity index is 839. The molecule has 3 N–H and O–H groups in total. The Labute approximate surface area is 194 Å². The zero-order chi connectivity index (χ0) is 24.6. The van der Waals surface area contributed by atoms with E-state index >= 15 is 0 Å². The van der Waals surface area contributed by atoms with Gasteiger partial charge >= 0.3 is 11.9 Å². The minimum absolute atomic E-state index is 0.203. The van der Waals surface area contributed by atoms with E-state index in [-0.39, 0.29) is 11.7 Å². The number of halogens is 1. The Hall–Kier alpha value is -2.81. The second kappa shape index (κ2) is 15.9. The lowest BCUT2D eigenvalue weighted by atomic mass is 9.91. The van der Waals surface area contributed by atoms with Crippen LogP contribution >= 0.6 is 0 Å².